The summed E-state index contributed by atoms with van der Waals surface area (Å²) < 4.78 is 0. The molecule has 1 aliphatic heterocycles. The number of anilines is 1. The lowest BCUT2D eigenvalue weighted by atomic mass is 10.3. The number of piperazine rings is 1. The molecule has 0 spiro atoms. The van der Waals surface area contributed by atoms with Crippen LogP contribution in [-0.4, -0.2) is 65.9 Å². The Morgan fingerprint density at radius 3 is 2.52 bits per heavy atom. The highest BCUT2D eigenvalue weighted by Crippen LogP contribution is 2.24. The van der Waals surface area contributed by atoms with Gasteiger partial charge in [0.2, 0.25) is 0 Å². The molecule has 0 bridgehead atoms. The van der Waals surface area contributed by atoms with Gasteiger partial charge in [-0.05, 0) is 18.4 Å². The van der Waals surface area contributed by atoms with E-state index in [0.717, 1.165) is 10.6 Å². The van der Waals surface area contributed by atoms with E-state index in [1.165, 1.54) is 0 Å². The van der Waals surface area contributed by atoms with Gasteiger partial charge in [0, 0.05) is 31.1 Å². The van der Waals surface area contributed by atoms with Gasteiger partial charge in [0.25, 0.3) is 0 Å². The number of carboxylic acids is 1. The van der Waals surface area contributed by atoms with Crippen molar-refractivity contribution in [2.45, 2.75) is 4.90 Å². The van der Waals surface area contributed by atoms with Gasteiger partial charge in [-0.25, -0.2) is 4.79 Å². The first kappa shape index (κ1) is 15.7. The molecule has 0 radical (unpaired) electrons. The second kappa shape index (κ2) is 7.33. The van der Waals surface area contributed by atoms with Crippen LogP contribution in [-0.2, 0) is 4.79 Å². The Balaban J connectivity index is 1.89. The molecule has 0 saturated carbocycles. The fraction of sp³-hybridized carbons (Fsp3) is 0.429. The smallest absolute Gasteiger partial charge is 0.321 e. The van der Waals surface area contributed by atoms with E-state index < -0.39 is 5.97 Å². The van der Waals surface area contributed by atoms with E-state index in [9.17, 15) is 9.59 Å². The van der Waals surface area contributed by atoms with E-state index in [1.54, 1.807) is 16.7 Å². The van der Waals surface area contributed by atoms with Crippen LogP contribution in [0.25, 0.3) is 0 Å². The zero-order chi connectivity index (χ0) is 15.2. The Morgan fingerprint density at radius 1 is 1.24 bits per heavy atom. The SMILES string of the molecule is CSc1ccccc1NC(=O)N1CCN(CC(=O)O)CC1. The maximum absolute atomic E-state index is 12.2. The number of hydrogen-bond donors (Lipinski definition) is 2. The van der Waals surface area contributed by atoms with Gasteiger partial charge in [0.15, 0.2) is 0 Å². The molecule has 1 aromatic carbocycles. The summed E-state index contributed by atoms with van der Waals surface area (Å²) in [7, 11) is 0. The Kier molecular flexibility index (Phi) is 5.46. The summed E-state index contributed by atoms with van der Waals surface area (Å²) in [5.74, 6) is -0.832. The van der Waals surface area contributed by atoms with Crippen LogP contribution in [0, 0.1) is 0 Å². The van der Waals surface area contributed by atoms with Crippen molar-refractivity contribution in [3.63, 3.8) is 0 Å². The summed E-state index contributed by atoms with van der Waals surface area (Å²) in [4.78, 5) is 27.5. The van der Waals surface area contributed by atoms with Gasteiger partial charge in [-0.1, -0.05) is 12.1 Å². The second-order valence-electron chi connectivity index (χ2n) is 4.79. The number of hydrogen-bond acceptors (Lipinski definition) is 4. The number of nitrogens with zero attached hydrogens (tertiary/aromatic N) is 2. The standard InChI is InChI=1S/C14H19N3O3S/c1-21-12-5-3-2-4-11(12)15-14(20)17-8-6-16(7-9-17)10-13(18)19/h2-5H,6-10H2,1H3,(H,15,20)(H,18,19). The van der Waals surface area contributed by atoms with Crippen molar-refractivity contribution in [3.8, 4) is 0 Å². The Morgan fingerprint density at radius 2 is 1.90 bits per heavy atom. The molecule has 7 heteroatoms. The second-order valence-corrected chi connectivity index (χ2v) is 5.64. The fourth-order valence-electron chi connectivity index (χ4n) is 2.24. The third-order valence-corrected chi connectivity index (χ3v) is 4.16. The summed E-state index contributed by atoms with van der Waals surface area (Å²) in [5.41, 5.74) is 0.808. The molecule has 0 aliphatic carbocycles. The predicted octanol–water partition coefficient (Wildman–Crippen LogP) is 1.64. The number of nitrogens with one attached hydrogen (secondary N) is 1. The number of thioether (sulfide) groups is 1. The molecule has 114 valence electrons. The van der Waals surface area contributed by atoms with Gasteiger partial charge in [0.05, 0.1) is 12.2 Å². The van der Waals surface area contributed by atoms with Crippen LogP contribution in [0.5, 0.6) is 0 Å². The zero-order valence-electron chi connectivity index (χ0n) is 11.9. The third-order valence-electron chi connectivity index (χ3n) is 3.37. The number of aliphatic carboxylic acids is 1. The largest absolute Gasteiger partial charge is 0.480 e. The van der Waals surface area contributed by atoms with Crippen LogP contribution in [0.3, 0.4) is 0 Å². The van der Waals surface area contributed by atoms with Crippen LogP contribution in [0.4, 0.5) is 10.5 Å². The summed E-state index contributed by atoms with van der Waals surface area (Å²) >= 11 is 1.58. The fourth-order valence-corrected chi connectivity index (χ4v) is 2.80. The van der Waals surface area contributed by atoms with Crippen LogP contribution in [0.15, 0.2) is 29.2 Å². The molecule has 2 amide bonds. The normalized spacial score (nSPS) is 15.8. The van der Waals surface area contributed by atoms with E-state index in [0.29, 0.717) is 26.2 Å². The van der Waals surface area contributed by atoms with E-state index in [4.69, 9.17) is 5.11 Å². The van der Waals surface area contributed by atoms with Crippen molar-refractivity contribution in [1.82, 2.24) is 9.80 Å². The van der Waals surface area contributed by atoms with Crippen molar-refractivity contribution in [2.24, 2.45) is 0 Å². The first-order valence-electron chi connectivity index (χ1n) is 6.73. The number of carboxylic acid groups (broad SMARTS) is 1. The van der Waals surface area contributed by atoms with Crippen LogP contribution in [0.1, 0.15) is 0 Å². The van der Waals surface area contributed by atoms with E-state index in [1.807, 2.05) is 35.4 Å². The van der Waals surface area contributed by atoms with Crippen molar-refractivity contribution < 1.29 is 14.7 Å². The molecular weight excluding hydrogens is 290 g/mol. The zero-order valence-corrected chi connectivity index (χ0v) is 12.7. The Labute approximate surface area is 128 Å². The molecule has 2 N–H and O–H groups in total. The molecule has 2 rings (SSSR count). The molecular formula is C14H19N3O3S. The summed E-state index contributed by atoms with van der Waals surface area (Å²) in [6.45, 7) is 2.29. The van der Waals surface area contributed by atoms with Gasteiger partial charge in [-0.15, -0.1) is 11.8 Å². The van der Waals surface area contributed by atoms with Gasteiger partial charge >= 0.3 is 12.0 Å². The number of benzene rings is 1. The average molecular weight is 309 g/mol. The summed E-state index contributed by atoms with van der Waals surface area (Å²) in [6, 6.07) is 7.54. The average Bonchev–Trinajstić information content (AvgIpc) is 2.48. The monoisotopic (exact) mass is 309 g/mol. The molecule has 0 aromatic heterocycles. The topological polar surface area (TPSA) is 72.9 Å². The molecule has 6 nitrogen and oxygen atoms in total. The third kappa shape index (κ3) is 4.37. The van der Waals surface area contributed by atoms with E-state index in [-0.39, 0.29) is 12.6 Å². The van der Waals surface area contributed by atoms with E-state index >= 15 is 0 Å². The lowest BCUT2D eigenvalue weighted by Gasteiger charge is -2.33. The number of para-hydroxylation sites is 1. The Bertz CT molecular complexity index is 516. The lowest BCUT2D eigenvalue weighted by Crippen LogP contribution is -2.51. The Hall–Kier alpha value is -1.73. The van der Waals surface area contributed by atoms with Gasteiger partial charge in [0.1, 0.15) is 0 Å². The van der Waals surface area contributed by atoms with Crippen LogP contribution >= 0.6 is 11.8 Å². The molecule has 0 atom stereocenters. The highest BCUT2D eigenvalue weighted by atomic mass is 32.2. The molecule has 1 heterocycles. The number of urea groups is 1. The van der Waals surface area contributed by atoms with Crippen molar-refractivity contribution >= 4 is 29.4 Å². The van der Waals surface area contributed by atoms with Crippen molar-refractivity contribution in [1.29, 1.82) is 0 Å². The summed E-state index contributed by atoms with van der Waals surface area (Å²) in [5, 5.41) is 11.7. The number of carbonyl (C=O) groups excluding carboxylic acids is 1. The molecule has 0 unspecified atom stereocenters. The lowest BCUT2D eigenvalue weighted by molar-refractivity contribution is -0.138. The van der Waals surface area contributed by atoms with Crippen LogP contribution < -0.4 is 5.32 Å². The van der Waals surface area contributed by atoms with Crippen molar-refractivity contribution in [2.75, 3.05) is 44.3 Å². The molecule has 21 heavy (non-hydrogen) atoms. The number of amides is 2. The minimum Gasteiger partial charge on any atom is -0.480 e. The number of rotatable bonds is 4. The molecule has 1 aliphatic rings. The quantitative estimate of drug-likeness (QED) is 0.827. The summed E-state index contributed by atoms with van der Waals surface area (Å²) in [6.07, 6.45) is 1.97. The molecule has 1 fully saturated rings. The predicted molar refractivity (Wildman–Crippen MR) is 82.9 cm³/mol. The maximum Gasteiger partial charge on any atom is 0.321 e. The minimum absolute atomic E-state index is 0.0325. The first-order chi connectivity index (χ1) is 10.1. The first-order valence-corrected chi connectivity index (χ1v) is 7.95. The van der Waals surface area contributed by atoms with Gasteiger partial charge in [-0.2, -0.15) is 0 Å². The van der Waals surface area contributed by atoms with Gasteiger partial charge in [-0.3, -0.25) is 9.69 Å². The highest BCUT2D eigenvalue weighted by molar-refractivity contribution is 7.98. The van der Waals surface area contributed by atoms with Crippen molar-refractivity contribution in [3.05, 3.63) is 24.3 Å². The molecule has 1 saturated heterocycles. The maximum atomic E-state index is 12.2. The molecule has 1 aromatic rings. The highest BCUT2D eigenvalue weighted by Gasteiger charge is 2.22. The van der Waals surface area contributed by atoms with Crippen LogP contribution in [0.2, 0.25) is 0 Å². The van der Waals surface area contributed by atoms with Gasteiger partial charge < -0.3 is 15.3 Å². The van der Waals surface area contributed by atoms with E-state index in [2.05, 4.69) is 5.32 Å². The minimum atomic E-state index is -0.832. The number of carbonyl (C=O) groups is 2.